The standard InChI is InChI=1S/C16H29N5/c1-13(2)9-21-16(18-12-19-21)11-20(15-5-6-15)10-14-4-3-7-17-8-14/h12-15,17H,3-11H2,1-2H3. The van der Waals surface area contributed by atoms with E-state index in [1.807, 2.05) is 0 Å². The number of hydrogen-bond acceptors (Lipinski definition) is 4. The van der Waals surface area contributed by atoms with E-state index in [9.17, 15) is 0 Å². The van der Waals surface area contributed by atoms with Crippen molar-refractivity contribution in [3.05, 3.63) is 12.2 Å². The summed E-state index contributed by atoms with van der Waals surface area (Å²) in [7, 11) is 0. The molecule has 2 fully saturated rings. The molecule has 0 bridgehead atoms. The first kappa shape index (κ1) is 15.0. The Balaban J connectivity index is 1.61. The Morgan fingerprint density at radius 3 is 2.90 bits per heavy atom. The predicted molar refractivity (Wildman–Crippen MR) is 83.9 cm³/mol. The summed E-state index contributed by atoms with van der Waals surface area (Å²) in [5, 5.41) is 7.94. The van der Waals surface area contributed by atoms with Crippen molar-refractivity contribution >= 4 is 0 Å². The molecule has 1 aliphatic carbocycles. The van der Waals surface area contributed by atoms with Crippen molar-refractivity contribution in [2.45, 2.75) is 58.7 Å². The summed E-state index contributed by atoms with van der Waals surface area (Å²) in [6, 6.07) is 0.788. The van der Waals surface area contributed by atoms with Gasteiger partial charge in [-0.2, -0.15) is 5.10 Å². The molecule has 1 N–H and O–H groups in total. The van der Waals surface area contributed by atoms with Gasteiger partial charge in [0, 0.05) is 19.1 Å². The van der Waals surface area contributed by atoms with Crippen molar-refractivity contribution in [2.75, 3.05) is 19.6 Å². The lowest BCUT2D eigenvalue weighted by Gasteiger charge is -2.30. The molecule has 2 heterocycles. The molecule has 1 unspecified atom stereocenters. The zero-order valence-corrected chi connectivity index (χ0v) is 13.5. The molecule has 0 amide bonds. The molecule has 2 aliphatic rings. The van der Waals surface area contributed by atoms with Gasteiger partial charge in [0.25, 0.3) is 0 Å². The lowest BCUT2D eigenvalue weighted by atomic mass is 9.99. The van der Waals surface area contributed by atoms with Crippen molar-refractivity contribution < 1.29 is 0 Å². The summed E-state index contributed by atoms with van der Waals surface area (Å²) in [4.78, 5) is 7.16. The molecule has 1 aliphatic heterocycles. The van der Waals surface area contributed by atoms with Gasteiger partial charge in [0.15, 0.2) is 0 Å². The third-order valence-corrected chi connectivity index (χ3v) is 4.53. The summed E-state index contributed by atoms with van der Waals surface area (Å²) in [5.74, 6) is 2.56. The smallest absolute Gasteiger partial charge is 0.141 e. The van der Waals surface area contributed by atoms with Crippen molar-refractivity contribution in [1.29, 1.82) is 0 Å². The van der Waals surface area contributed by atoms with E-state index in [1.54, 1.807) is 6.33 Å². The summed E-state index contributed by atoms with van der Waals surface area (Å²) >= 11 is 0. The molecule has 118 valence electrons. The highest BCUT2D eigenvalue weighted by Gasteiger charge is 2.31. The number of piperidine rings is 1. The lowest BCUT2D eigenvalue weighted by molar-refractivity contribution is 0.185. The maximum absolute atomic E-state index is 4.51. The Morgan fingerprint density at radius 1 is 1.38 bits per heavy atom. The van der Waals surface area contributed by atoms with Gasteiger partial charge in [0.1, 0.15) is 12.2 Å². The van der Waals surface area contributed by atoms with Crippen molar-refractivity contribution in [3.8, 4) is 0 Å². The first-order valence-corrected chi connectivity index (χ1v) is 8.54. The summed E-state index contributed by atoms with van der Waals surface area (Å²) in [6.45, 7) is 10.00. The van der Waals surface area contributed by atoms with Gasteiger partial charge in [-0.25, -0.2) is 9.67 Å². The average molecular weight is 291 g/mol. The van der Waals surface area contributed by atoms with E-state index in [-0.39, 0.29) is 0 Å². The first-order valence-electron chi connectivity index (χ1n) is 8.54. The van der Waals surface area contributed by atoms with Crippen LogP contribution in [0.3, 0.4) is 0 Å². The van der Waals surface area contributed by atoms with E-state index in [1.165, 1.54) is 45.3 Å². The molecule has 5 heteroatoms. The zero-order valence-electron chi connectivity index (χ0n) is 13.5. The first-order chi connectivity index (χ1) is 10.2. The molecule has 3 rings (SSSR count). The fraction of sp³-hybridized carbons (Fsp3) is 0.875. The van der Waals surface area contributed by atoms with Crippen molar-refractivity contribution in [2.24, 2.45) is 11.8 Å². The summed E-state index contributed by atoms with van der Waals surface area (Å²) < 4.78 is 2.10. The molecule has 1 saturated carbocycles. The van der Waals surface area contributed by atoms with E-state index >= 15 is 0 Å². The summed E-state index contributed by atoms with van der Waals surface area (Å²) in [5.41, 5.74) is 0. The highest BCUT2D eigenvalue weighted by atomic mass is 15.4. The number of rotatable bonds is 7. The van der Waals surface area contributed by atoms with Crippen LogP contribution in [-0.2, 0) is 13.1 Å². The van der Waals surface area contributed by atoms with Crippen molar-refractivity contribution in [1.82, 2.24) is 25.0 Å². The molecule has 0 radical (unpaired) electrons. The lowest BCUT2D eigenvalue weighted by Crippen LogP contribution is -2.39. The molecule has 1 saturated heterocycles. The van der Waals surface area contributed by atoms with E-state index in [4.69, 9.17) is 0 Å². The zero-order chi connectivity index (χ0) is 14.7. The van der Waals surface area contributed by atoms with E-state index in [2.05, 4.69) is 38.8 Å². The van der Waals surface area contributed by atoms with Gasteiger partial charge in [0.2, 0.25) is 0 Å². The van der Waals surface area contributed by atoms with E-state index in [0.29, 0.717) is 5.92 Å². The number of hydrogen-bond donors (Lipinski definition) is 1. The van der Waals surface area contributed by atoms with Gasteiger partial charge in [0.05, 0.1) is 6.54 Å². The molecule has 1 aromatic rings. The molecule has 1 aromatic heterocycles. The fourth-order valence-electron chi connectivity index (χ4n) is 3.28. The Bertz CT molecular complexity index is 432. The van der Waals surface area contributed by atoms with Gasteiger partial charge in [-0.1, -0.05) is 13.8 Å². The number of nitrogens with one attached hydrogen (secondary N) is 1. The fourth-order valence-corrected chi connectivity index (χ4v) is 3.28. The Hall–Kier alpha value is -0.940. The molecule has 21 heavy (non-hydrogen) atoms. The van der Waals surface area contributed by atoms with Crippen LogP contribution in [0.25, 0.3) is 0 Å². The molecule has 0 spiro atoms. The highest BCUT2D eigenvalue weighted by molar-refractivity contribution is 4.92. The molecule has 1 atom stereocenters. The Labute approximate surface area is 128 Å². The largest absolute Gasteiger partial charge is 0.316 e. The molecule has 0 aromatic carbocycles. The van der Waals surface area contributed by atoms with Crippen molar-refractivity contribution in [3.63, 3.8) is 0 Å². The summed E-state index contributed by atoms with van der Waals surface area (Å²) in [6.07, 6.45) is 7.13. The maximum atomic E-state index is 4.51. The topological polar surface area (TPSA) is 46.0 Å². The number of aromatic nitrogens is 3. The van der Waals surface area contributed by atoms with Gasteiger partial charge in [-0.3, -0.25) is 4.90 Å². The molecular formula is C16H29N5. The van der Waals surface area contributed by atoms with Gasteiger partial charge in [-0.15, -0.1) is 0 Å². The third kappa shape index (κ3) is 4.27. The van der Waals surface area contributed by atoms with E-state index in [0.717, 1.165) is 30.9 Å². The van der Waals surface area contributed by atoms with Crippen LogP contribution < -0.4 is 5.32 Å². The normalized spacial score (nSPS) is 23.1. The van der Waals surface area contributed by atoms with Crippen LogP contribution in [0.2, 0.25) is 0 Å². The highest BCUT2D eigenvalue weighted by Crippen LogP contribution is 2.29. The molecule has 5 nitrogen and oxygen atoms in total. The second-order valence-corrected chi connectivity index (χ2v) is 7.13. The maximum Gasteiger partial charge on any atom is 0.141 e. The second kappa shape index (κ2) is 6.88. The van der Waals surface area contributed by atoms with Crippen LogP contribution in [0.5, 0.6) is 0 Å². The van der Waals surface area contributed by atoms with E-state index < -0.39 is 0 Å². The van der Waals surface area contributed by atoms with Gasteiger partial charge in [-0.05, 0) is 50.6 Å². The van der Waals surface area contributed by atoms with Gasteiger partial charge < -0.3 is 5.32 Å². The molecular weight excluding hydrogens is 262 g/mol. The minimum Gasteiger partial charge on any atom is -0.316 e. The van der Waals surface area contributed by atoms with Crippen LogP contribution in [-0.4, -0.2) is 45.3 Å². The Kier molecular flexibility index (Phi) is 4.91. The quantitative estimate of drug-likeness (QED) is 0.833. The minimum absolute atomic E-state index is 0.613. The SMILES string of the molecule is CC(C)Cn1ncnc1CN(CC1CCCNC1)C1CC1. The second-order valence-electron chi connectivity index (χ2n) is 7.13. The van der Waals surface area contributed by atoms with Crippen LogP contribution in [0.1, 0.15) is 45.4 Å². The van der Waals surface area contributed by atoms with Crippen LogP contribution in [0.4, 0.5) is 0 Å². The average Bonchev–Trinajstić information content (AvgIpc) is 3.23. The Morgan fingerprint density at radius 2 is 2.24 bits per heavy atom. The minimum atomic E-state index is 0.613. The van der Waals surface area contributed by atoms with Gasteiger partial charge >= 0.3 is 0 Å². The predicted octanol–water partition coefficient (Wildman–Crippen LogP) is 1.90. The van der Waals surface area contributed by atoms with Crippen LogP contribution >= 0.6 is 0 Å². The monoisotopic (exact) mass is 291 g/mol. The van der Waals surface area contributed by atoms with Crippen LogP contribution in [0.15, 0.2) is 6.33 Å². The third-order valence-electron chi connectivity index (χ3n) is 4.53. The number of nitrogens with zero attached hydrogens (tertiary/aromatic N) is 4. The van der Waals surface area contributed by atoms with Crippen LogP contribution in [0, 0.1) is 11.8 Å².